The van der Waals surface area contributed by atoms with E-state index < -0.39 is 0 Å². The van der Waals surface area contributed by atoms with Gasteiger partial charge in [0.2, 0.25) is 0 Å². The first-order valence-electron chi connectivity index (χ1n) is 16.4. The molecule has 39 heavy (non-hydrogen) atoms. The topological polar surface area (TPSA) is 20.2 Å². The molecule has 1 N–H and O–H groups in total. The lowest BCUT2D eigenvalue weighted by atomic mass is 9.33. The molecule has 1 aromatic rings. The second kappa shape index (κ2) is 9.08. The smallest absolute Gasteiger partial charge is 0.0594 e. The molecular weight excluding hydrogens is 472 g/mol. The number of allylic oxidation sites excluding steroid dienone is 3. The SMILES string of the molecule is CC1(C)CCC2(C/C=C\c3ccccc3)CC[C@]3(C)C(=CC[C@@H]4[C@@]5(C)CC[C@H](O)C(C)(C)[C@@H]5CC[C@]43C)[C@@H]2C1. The highest BCUT2D eigenvalue weighted by atomic mass is 16.3. The average Bonchev–Trinajstić information content (AvgIpc) is 2.88. The zero-order chi connectivity index (χ0) is 27.9. The van der Waals surface area contributed by atoms with Gasteiger partial charge in [0.1, 0.15) is 0 Å². The van der Waals surface area contributed by atoms with E-state index in [0.717, 1.165) is 12.3 Å². The maximum atomic E-state index is 11.0. The Hall–Kier alpha value is -1.34. The number of aliphatic hydroxyl groups excluding tert-OH is 1. The summed E-state index contributed by atoms with van der Waals surface area (Å²) >= 11 is 0. The third kappa shape index (κ3) is 4.02. The van der Waals surface area contributed by atoms with Crippen LogP contribution in [0.5, 0.6) is 0 Å². The summed E-state index contributed by atoms with van der Waals surface area (Å²) in [6.07, 6.45) is 21.7. The van der Waals surface area contributed by atoms with E-state index in [-0.39, 0.29) is 11.5 Å². The second-order valence-electron chi connectivity index (χ2n) is 17.0. The van der Waals surface area contributed by atoms with Gasteiger partial charge in [0.25, 0.3) is 0 Å². The summed E-state index contributed by atoms with van der Waals surface area (Å²) in [6.45, 7) is 17.9. The second-order valence-corrected chi connectivity index (χ2v) is 17.0. The summed E-state index contributed by atoms with van der Waals surface area (Å²) in [4.78, 5) is 0. The Labute approximate surface area is 239 Å². The van der Waals surface area contributed by atoms with Crippen LogP contribution in [0, 0.1) is 50.2 Å². The van der Waals surface area contributed by atoms with Gasteiger partial charge in [0.05, 0.1) is 6.10 Å². The van der Waals surface area contributed by atoms with Crippen LogP contribution in [0.1, 0.15) is 125 Å². The predicted molar refractivity (Wildman–Crippen MR) is 165 cm³/mol. The quantitative estimate of drug-likeness (QED) is 0.387. The van der Waals surface area contributed by atoms with Gasteiger partial charge >= 0.3 is 0 Å². The zero-order valence-corrected chi connectivity index (χ0v) is 26.2. The first kappa shape index (κ1) is 27.8. The minimum absolute atomic E-state index is 0.0272. The lowest BCUT2D eigenvalue weighted by molar-refractivity contribution is -0.203. The van der Waals surface area contributed by atoms with Crippen molar-refractivity contribution >= 4 is 6.08 Å². The van der Waals surface area contributed by atoms with E-state index in [1.54, 1.807) is 0 Å². The Bertz CT molecular complexity index is 1140. The van der Waals surface area contributed by atoms with Crippen molar-refractivity contribution in [2.45, 2.75) is 125 Å². The molecule has 4 saturated carbocycles. The van der Waals surface area contributed by atoms with Gasteiger partial charge in [-0.25, -0.2) is 0 Å². The van der Waals surface area contributed by atoms with Crippen molar-refractivity contribution in [3.05, 3.63) is 53.6 Å². The molecule has 0 aliphatic heterocycles. The molecule has 0 heterocycles. The van der Waals surface area contributed by atoms with Crippen molar-refractivity contribution in [1.29, 1.82) is 0 Å². The molecule has 5 aliphatic rings. The molecule has 214 valence electrons. The molecule has 1 heteroatoms. The molecule has 0 spiro atoms. The summed E-state index contributed by atoms with van der Waals surface area (Å²) in [5.74, 6) is 2.07. The number of rotatable bonds is 3. The fourth-order valence-electron chi connectivity index (χ4n) is 11.7. The molecule has 5 aliphatic carbocycles. The molecule has 6 rings (SSSR count). The van der Waals surface area contributed by atoms with Crippen molar-refractivity contribution in [2.24, 2.45) is 50.2 Å². The third-order valence-corrected chi connectivity index (χ3v) is 14.4. The fourth-order valence-corrected chi connectivity index (χ4v) is 11.7. The van der Waals surface area contributed by atoms with Crippen molar-refractivity contribution in [3.63, 3.8) is 0 Å². The minimum Gasteiger partial charge on any atom is -0.393 e. The Morgan fingerprint density at radius 3 is 2.28 bits per heavy atom. The van der Waals surface area contributed by atoms with Gasteiger partial charge in [-0.05, 0) is 126 Å². The van der Waals surface area contributed by atoms with Crippen LogP contribution >= 0.6 is 0 Å². The third-order valence-electron chi connectivity index (χ3n) is 14.4. The van der Waals surface area contributed by atoms with Gasteiger partial charge in [-0.15, -0.1) is 0 Å². The lowest BCUT2D eigenvalue weighted by Gasteiger charge is -2.71. The van der Waals surface area contributed by atoms with E-state index in [1.807, 2.05) is 5.57 Å². The van der Waals surface area contributed by atoms with Crippen LogP contribution in [-0.4, -0.2) is 11.2 Å². The van der Waals surface area contributed by atoms with Crippen LogP contribution in [0.2, 0.25) is 0 Å². The van der Waals surface area contributed by atoms with Crippen molar-refractivity contribution in [1.82, 2.24) is 0 Å². The van der Waals surface area contributed by atoms with Crippen LogP contribution in [0.25, 0.3) is 6.08 Å². The van der Waals surface area contributed by atoms with E-state index in [2.05, 4.69) is 97.0 Å². The molecule has 1 unspecified atom stereocenters. The molecule has 0 radical (unpaired) electrons. The van der Waals surface area contributed by atoms with Crippen LogP contribution in [0.4, 0.5) is 0 Å². The molecule has 8 atom stereocenters. The largest absolute Gasteiger partial charge is 0.393 e. The Kier molecular flexibility index (Phi) is 6.47. The molecular formula is C38H56O. The standard InChI is InChI=1S/C38H56O/c1-33(2)22-24-38(19-11-14-27-12-9-8-10-13-27)25-23-36(6)28(29(38)26-33)15-16-31-35(5)20-18-32(39)34(3,4)30(35)17-21-37(31,36)7/h8-15,29-32,39H,16-26H2,1-7H3/b14-11-/t29-,30-,31+,32-,35-,36+,37+,38?/m0/s1. The van der Waals surface area contributed by atoms with E-state index in [9.17, 15) is 5.11 Å². The highest BCUT2D eigenvalue weighted by Gasteiger charge is 2.68. The molecule has 0 saturated heterocycles. The number of benzene rings is 1. The molecule has 4 fully saturated rings. The summed E-state index contributed by atoms with van der Waals surface area (Å²) < 4.78 is 0. The fraction of sp³-hybridized carbons (Fsp3) is 0.737. The molecule has 1 nitrogen and oxygen atoms in total. The Morgan fingerprint density at radius 1 is 0.821 bits per heavy atom. The number of hydrogen-bond donors (Lipinski definition) is 1. The van der Waals surface area contributed by atoms with Gasteiger partial charge in [0.15, 0.2) is 0 Å². The highest BCUT2D eigenvalue weighted by Crippen LogP contribution is 2.76. The summed E-state index contributed by atoms with van der Waals surface area (Å²) in [5.41, 5.74) is 5.07. The first-order valence-corrected chi connectivity index (χ1v) is 16.4. The summed E-state index contributed by atoms with van der Waals surface area (Å²) in [6, 6.07) is 10.9. The number of fused-ring (bicyclic) bond motifs is 7. The van der Waals surface area contributed by atoms with Crippen molar-refractivity contribution in [3.8, 4) is 0 Å². The number of aliphatic hydroxyl groups is 1. The average molecular weight is 529 g/mol. The summed E-state index contributed by atoms with van der Waals surface area (Å²) in [5, 5.41) is 11.0. The van der Waals surface area contributed by atoms with Crippen LogP contribution in [0.15, 0.2) is 48.1 Å². The monoisotopic (exact) mass is 528 g/mol. The maximum absolute atomic E-state index is 11.0. The molecule has 1 aromatic carbocycles. The zero-order valence-electron chi connectivity index (χ0n) is 26.2. The molecule has 0 aromatic heterocycles. The van der Waals surface area contributed by atoms with Crippen LogP contribution in [0.3, 0.4) is 0 Å². The Balaban J connectivity index is 1.36. The van der Waals surface area contributed by atoms with Gasteiger partial charge in [-0.2, -0.15) is 0 Å². The maximum Gasteiger partial charge on any atom is 0.0594 e. The minimum atomic E-state index is -0.145. The first-order chi connectivity index (χ1) is 18.3. The van der Waals surface area contributed by atoms with E-state index >= 15 is 0 Å². The predicted octanol–water partition coefficient (Wildman–Crippen LogP) is 10.3. The number of hydrogen-bond acceptors (Lipinski definition) is 1. The van der Waals surface area contributed by atoms with Crippen molar-refractivity contribution in [2.75, 3.05) is 0 Å². The highest BCUT2D eigenvalue weighted by molar-refractivity contribution is 5.49. The van der Waals surface area contributed by atoms with E-state index in [4.69, 9.17) is 0 Å². The van der Waals surface area contributed by atoms with E-state index in [1.165, 1.54) is 69.8 Å². The van der Waals surface area contributed by atoms with E-state index in [0.29, 0.717) is 38.9 Å². The van der Waals surface area contributed by atoms with Gasteiger partial charge in [-0.3, -0.25) is 0 Å². The molecule has 0 amide bonds. The lowest BCUT2D eigenvalue weighted by Crippen LogP contribution is -2.64. The summed E-state index contributed by atoms with van der Waals surface area (Å²) in [7, 11) is 0. The van der Waals surface area contributed by atoms with Crippen LogP contribution in [-0.2, 0) is 0 Å². The Morgan fingerprint density at radius 2 is 1.54 bits per heavy atom. The van der Waals surface area contributed by atoms with Crippen LogP contribution < -0.4 is 0 Å². The molecule has 0 bridgehead atoms. The van der Waals surface area contributed by atoms with Gasteiger partial charge in [-0.1, -0.05) is 103 Å². The van der Waals surface area contributed by atoms with Gasteiger partial charge < -0.3 is 5.11 Å². The van der Waals surface area contributed by atoms with Crippen molar-refractivity contribution < 1.29 is 5.11 Å². The van der Waals surface area contributed by atoms with Gasteiger partial charge in [0, 0.05) is 0 Å². The normalized spacial score (nSPS) is 46.4.